The molecule has 0 bridgehead atoms. The Bertz CT molecular complexity index is 1470. The molecule has 13 heteroatoms. The highest BCUT2D eigenvalue weighted by molar-refractivity contribution is 7.13. The van der Waals surface area contributed by atoms with Crippen LogP contribution in [0.5, 0.6) is 0 Å². The largest absolute Gasteiger partial charge is 0.342 e. The molecule has 0 saturated carbocycles. The van der Waals surface area contributed by atoms with Crippen molar-refractivity contribution < 1.29 is 14.0 Å². The van der Waals surface area contributed by atoms with Crippen LogP contribution in [-0.4, -0.2) is 41.9 Å². The molecular formula is C24H22ClFN8O2S. The lowest BCUT2D eigenvalue weighted by atomic mass is 9.88. The number of nitrogens with zero attached hydrogens (tertiary/aromatic N) is 6. The lowest BCUT2D eigenvalue weighted by molar-refractivity contribution is 0.0934. The predicted octanol–water partition coefficient (Wildman–Crippen LogP) is 4.62. The van der Waals surface area contributed by atoms with Gasteiger partial charge in [-0.25, -0.2) is 19.9 Å². The van der Waals surface area contributed by atoms with Crippen molar-refractivity contribution in [2.75, 3.05) is 5.32 Å². The van der Waals surface area contributed by atoms with Crippen LogP contribution in [0.4, 0.5) is 10.2 Å². The average Bonchev–Trinajstić information content (AvgIpc) is 3.36. The molecule has 0 fully saturated rings. The lowest BCUT2D eigenvalue weighted by Gasteiger charge is -2.20. The van der Waals surface area contributed by atoms with Gasteiger partial charge in [-0.1, -0.05) is 32.4 Å². The van der Waals surface area contributed by atoms with E-state index >= 15 is 0 Å². The second-order valence-electron chi connectivity index (χ2n) is 9.03. The number of pyridine rings is 1. The van der Waals surface area contributed by atoms with Crippen LogP contribution in [0.2, 0.25) is 5.15 Å². The summed E-state index contributed by atoms with van der Waals surface area (Å²) in [7, 11) is 0. The van der Waals surface area contributed by atoms with Crippen molar-refractivity contribution >= 4 is 40.6 Å². The Morgan fingerprint density at radius 2 is 1.86 bits per heavy atom. The van der Waals surface area contributed by atoms with Crippen molar-refractivity contribution in [3.05, 3.63) is 75.2 Å². The molecule has 2 amide bonds. The maximum absolute atomic E-state index is 14.0. The summed E-state index contributed by atoms with van der Waals surface area (Å²) >= 11 is 7.27. The molecule has 0 saturated heterocycles. The summed E-state index contributed by atoms with van der Waals surface area (Å²) in [5.74, 6) is -1.36. The summed E-state index contributed by atoms with van der Waals surface area (Å²) < 4.78 is 14.0. The van der Waals surface area contributed by atoms with E-state index < -0.39 is 23.8 Å². The maximum atomic E-state index is 14.0. The fourth-order valence-electron chi connectivity index (χ4n) is 3.27. The van der Waals surface area contributed by atoms with Gasteiger partial charge in [0, 0.05) is 11.8 Å². The Kier molecular flexibility index (Phi) is 7.50. The van der Waals surface area contributed by atoms with E-state index in [4.69, 9.17) is 11.6 Å². The molecule has 4 aromatic rings. The van der Waals surface area contributed by atoms with Gasteiger partial charge in [0.15, 0.2) is 11.0 Å². The quantitative estimate of drug-likeness (QED) is 0.338. The molecule has 10 nitrogen and oxygen atoms in total. The Morgan fingerprint density at radius 3 is 2.59 bits per heavy atom. The first-order valence-corrected chi connectivity index (χ1v) is 12.3. The van der Waals surface area contributed by atoms with Gasteiger partial charge in [0.1, 0.15) is 21.9 Å². The van der Waals surface area contributed by atoms with Gasteiger partial charge in [-0.15, -0.1) is 21.5 Å². The van der Waals surface area contributed by atoms with Crippen molar-refractivity contribution in [3.63, 3.8) is 0 Å². The highest BCUT2D eigenvalue weighted by Gasteiger charge is 2.22. The van der Waals surface area contributed by atoms with E-state index in [1.807, 2.05) is 20.8 Å². The number of hydrogen-bond acceptors (Lipinski definition) is 9. The van der Waals surface area contributed by atoms with Crippen LogP contribution in [-0.2, 0) is 5.41 Å². The number of rotatable bonds is 6. The minimum atomic E-state index is -0.700. The van der Waals surface area contributed by atoms with Gasteiger partial charge in [-0.2, -0.15) is 4.39 Å². The summed E-state index contributed by atoms with van der Waals surface area (Å²) in [5.41, 5.74) is 0.897. The van der Waals surface area contributed by atoms with Crippen LogP contribution in [0.15, 0.2) is 43.0 Å². The van der Waals surface area contributed by atoms with Crippen LogP contribution in [0.3, 0.4) is 0 Å². The molecule has 4 rings (SSSR count). The molecule has 1 atom stereocenters. The third-order valence-corrected chi connectivity index (χ3v) is 6.66. The summed E-state index contributed by atoms with van der Waals surface area (Å²) in [6.07, 6.45) is 3.92. The van der Waals surface area contributed by atoms with E-state index in [1.165, 1.54) is 30.9 Å². The SMILES string of the molecule is CC(NC(=O)c1cc(-c2cccnc2F)ncn1)c1ncc(C(=O)Nc2cc(C(C)(C)C)c(Cl)nn2)s1. The fraction of sp³-hybridized carbons (Fsp3) is 0.250. The number of thiazole rings is 1. The van der Waals surface area contributed by atoms with Crippen molar-refractivity contribution in [2.24, 2.45) is 0 Å². The summed E-state index contributed by atoms with van der Waals surface area (Å²) in [4.78, 5) is 41.7. The number of hydrogen-bond donors (Lipinski definition) is 2. The van der Waals surface area contributed by atoms with E-state index in [2.05, 4.69) is 40.8 Å². The van der Waals surface area contributed by atoms with Crippen LogP contribution in [0.1, 0.15) is 64.5 Å². The fourth-order valence-corrected chi connectivity index (χ4v) is 4.46. The molecule has 0 aromatic carbocycles. The first-order chi connectivity index (χ1) is 17.5. The maximum Gasteiger partial charge on any atom is 0.270 e. The zero-order chi connectivity index (χ0) is 26.7. The molecule has 0 radical (unpaired) electrons. The Balaban J connectivity index is 1.44. The number of carbonyl (C=O) groups excluding carboxylic acids is 2. The Morgan fingerprint density at radius 1 is 1.08 bits per heavy atom. The highest BCUT2D eigenvalue weighted by Crippen LogP contribution is 2.29. The number of carbonyl (C=O) groups is 2. The molecular weight excluding hydrogens is 519 g/mol. The molecule has 4 aromatic heterocycles. The molecule has 0 aliphatic carbocycles. The second kappa shape index (κ2) is 10.6. The Labute approximate surface area is 220 Å². The van der Waals surface area contributed by atoms with Gasteiger partial charge < -0.3 is 10.6 Å². The van der Waals surface area contributed by atoms with Crippen LogP contribution >= 0.6 is 22.9 Å². The number of nitrogens with one attached hydrogen (secondary N) is 2. The van der Waals surface area contributed by atoms with E-state index in [1.54, 1.807) is 19.1 Å². The van der Waals surface area contributed by atoms with Crippen molar-refractivity contribution in [2.45, 2.75) is 39.2 Å². The number of aromatic nitrogens is 6. The lowest BCUT2D eigenvalue weighted by Crippen LogP contribution is -2.27. The third-order valence-electron chi connectivity index (χ3n) is 5.20. The van der Waals surface area contributed by atoms with Gasteiger partial charge in [0.2, 0.25) is 5.95 Å². The van der Waals surface area contributed by atoms with Gasteiger partial charge in [-0.05, 0) is 36.6 Å². The number of anilines is 1. The summed E-state index contributed by atoms with van der Waals surface area (Å²) in [5, 5.41) is 14.1. The third kappa shape index (κ3) is 6.09. The number of amides is 2. The summed E-state index contributed by atoms with van der Waals surface area (Å²) in [6.45, 7) is 7.66. The van der Waals surface area contributed by atoms with Crippen molar-refractivity contribution in [1.29, 1.82) is 0 Å². The second-order valence-corrected chi connectivity index (χ2v) is 10.4. The average molecular weight is 541 g/mol. The minimum Gasteiger partial charge on any atom is -0.342 e. The van der Waals surface area contributed by atoms with Gasteiger partial charge in [0.25, 0.3) is 11.8 Å². The van der Waals surface area contributed by atoms with E-state index in [0.29, 0.717) is 9.88 Å². The van der Waals surface area contributed by atoms with Gasteiger partial charge in [-0.3, -0.25) is 9.59 Å². The summed E-state index contributed by atoms with van der Waals surface area (Å²) in [6, 6.07) is 5.61. The predicted molar refractivity (Wildman–Crippen MR) is 137 cm³/mol. The van der Waals surface area contributed by atoms with Gasteiger partial charge in [0.05, 0.1) is 23.5 Å². The standard InChI is InChI=1S/C24H22ClFN8O2S/c1-12(31-21(35)16-9-15(29-11-30-16)13-6-5-7-27-20(13)26)23-28-10-17(37-23)22(36)32-18-8-14(24(2,3)4)19(25)34-33-18/h5-12H,1-4H3,(H,31,35)(H,32,33,36). The molecule has 4 heterocycles. The molecule has 0 spiro atoms. The van der Waals surface area contributed by atoms with E-state index in [0.717, 1.165) is 16.9 Å². The van der Waals surface area contributed by atoms with Crippen LogP contribution < -0.4 is 10.6 Å². The smallest absolute Gasteiger partial charge is 0.270 e. The first-order valence-electron chi connectivity index (χ1n) is 11.1. The van der Waals surface area contributed by atoms with E-state index in [-0.39, 0.29) is 33.3 Å². The highest BCUT2D eigenvalue weighted by atomic mass is 35.5. The first kappa shape index (κ1) is 26.2. The minimum absolute atomic E-state index is 0.0468. The molecule has 0 aliphatic heterocycles. The Hall–Kier alpha value is -3.90. The van der Waals surface area contributed by atoms with Crippen molar-refractivity contribution in [3.8, 4) is 11.3 Å². The van der Waals surface area contributed by atoms with E-state index in [9.17, 15) is 14.0 Å². The molecule has 2 N–H and O–H groups in total. The monoisotopic (exact) mass is 540 g/mol. The molecule has 1 unspecified atom stereocenters. The van der Waals surface area contributed by atoms with Crippen LogP contribution in [0.25, 0.3) is 11.3 Å². The molecule has 190 valence electrons. The zero-order valence-electron chi connectivity index (χ0n) is 20.3. The normalized spacial score (nSPS) is 12.2. The van der Waals surface area contributed by atoms with Crippen LogP contribution in [0, 0.1) is 5.95 Å². The molecule has 0 aliphatic rings. The number of halogens is 2. The topological polar surface area (TPSA) is 136 Å². The molecule has 37 heavy (non-hydrogen) atoms. The van der Waals surface area contributed by atoms with Gasteiger partial charge >= 0.3 is 0 Å². The zero-order valence-corrected chi connectivity index (χ0v) is 21.9. The van der Waals surface area contributed by atoms with Crippen molar-refractivity contribution in [1.82, 2.24) is 35.5 Å².